The Labute approximate surface area is 165 Å². The number of hydrogen-bond donors (Lipinski definition) is 2. The van der Waals surface area contributed by atoms with Crippen molar-refractivity contribution in [2.75, 3.05) is 20.3 Å². The molecule has 0 amide bonds. The lowest BCUT2D eigenvalue weighted by molar-refractivity contribution is 0.307. The van der Waals surface area contributed by atoms with Crippen LogP contribution >= 0.6 is 24.0 Å². The van der Waals surface area contributed by atoms with Crippen LogP contribution < -0.4 is 14.8 Å². The van der Waals surface area contributed by atoms with E-state index in [0.717, 1.165) is 24.3 Å². The van der Waals surface area contributed by atoms with Crippen molar-refractivity contribution in [3.8, 4) is 11.5 Å². The largest absolute Gasteiger partial charge is 0.493 e. The average molecular weight is 395 g/mol. The molecule has 1 heterocycles. The third-order valence-corrected chi connectivity index (χ3v) is 4.38. The fourth-order valence-electron chi connectivity index (χ4n) is 3.00. The molecule has 0 fully saturated rings. The van der Waals surface area contributed by atoms with Gasteiger partial charge in [0.05, 0.1) is 13.7 Å². The maximum absolute atomic E-state index is 6.19. The molecular weight excluding hydrogens is 371 g/mol. The summed E-state index contributed by atoms with van der Waals surface area (Å²) in [5.74, 6) is 1.43. The van der Waals surface area contributed by atoms with Gasteiger partial charge in [-0.05, 0) is 37.6 Å². The van der Waals surface area contributed by atoms with Gasteiger partial charge in [0.25, 0.3) is 0 Å². The van der Waals surface area contributed by atoms with Crippen molar-refractivity contribution >= 4 is 34.9 Å². The molecule has 0 bridgehead atoms. The Morgan fingerprint density at radius 2 is 1.96 bits per heavy atom. The monoisotopic (exact) mass is 394 g/mol. The number of fused-ring (bicyclic) bond motifs is 1. The van der Waals surface area contributed by atoms with E-state index in [1.54, 1.807) is 13.2 Å². The maximum Gasteiger partial charge on any atom is 0.165 e. The molecule has 0 saturated heterocycles. The number of halogens is 2. The van der Waals surface area contributed by atoms with E-state index in [0.29, 0.717) is 23.9 Å². The minimum absolute atomic E-state index is 0. The van der Waals surface area contributed by atoms with Crippen LogP contribution in [-0.2, 0) is 13.0 Å². The van der Waals surface area contributed by atoms with Gasteiger partial charge in [-0.1, -0.05) is 29.8 Å². The van der Waals surface area contributed by atoms with Crippen molar-refractivity contribution in [2.24, 2.45) is 0 Å². The summed E-state index contributed by atoms with van der Waals surface area (Å²) in [5, 5.41) is 5.40. The summed E-state index contributed by atoms with van der Waals surface area (Å²) in [6.45, 7) is 4.08. The van der Waals surface area contributed by atoms with Gasteiger partial charge in [-0.25, -0.2) is 0 Å². The maximum atomic E-state index is 6.19. The first-order chi connectivity index (χ1) is 12.2. The molecule has 1 aromatic heterocycles. The Morgan fingerprint density at radius 1 is 1.15 bits per heavy atom. The number of methoxy groups -OCH3 is 1. The zero-order valence-corrected chi connectivity index (χ0v) is 16.5. The molecule has 0 saturated carbocycles. The number of nitrogens with one attached hydrogen (secondary N) is 2. The molecule has 0 aliphatic carbocycles. The predicted octanol–water partition coefficient (Wildman–Crippen LogP) is 4.98. The zero-order chi connectivity index (χ0) is 17.6. The third kappa shape index (κ3) is 4.64. The molecule has 2 N–H and O–H groups in total. The molecule has 0 radical (unpaired) electrons. The SMILES string of the molecule is CCOc1c(CNCCc2c[nH]c3ccccc23)cc(Cl)cc1OC.Cl. The molecule has 0 atom stereocenters. The van der Waals surface area contributed by atoms with E-state index < -0.39 is 0 Å². The van der Waals surface area contributed by atoms with Crippen LogP contribution in [-0.4, -0.2) is 25.2 Å². The predicted molar refractivity (Wildman–Crippen MR) is 110 cm³/mol. The molecule has 3 rings (SSSR count). The van der Waals surface area contributed by atoms with Crippen LogP contribution in [0.3, 0.4) is 0 Å². The summed E-state index contributed by atoms with van der Waals surface area (Å²) in [6, 6.07) is 12.1. The van der Waals surface area contributed by atoms with Crippen LogP contribution in [0.1, 0.15) is 18.1 Å². The van der Waals surface area contributed by atoms with E-state index >= 15 is 0 Å². The van der Waals surface area contributed by atoms with Crippen molar-refractivity contribution < 1.29 is 9.47 Å². The quantitative estimate of drug-likeness (QED) is 0.529. The van der Waals surface area contributed by atoms with E-state index in [4.69, 9.17) is 21.1 Å². The number of aromatic amines is 1. The Bertz CT molecular complexity index is 849. The van der Waals surface area contributed by atoms with Crippen molar-refractivity contribution in [3.63, 3.8) is 0 Å². The summed E-state index contributed by atoms with van der Waals surface area (Å²) >= 11 is 6.19. The first-order valence-corrected chi connectivity index (χ1v) is 8.85. The van der Waals surface area contributed by atoms with Crippen LogP contribution in [0, 0.1) is 0 Å². The van der Waals surface area contributed by atoms with Crippen LogP contribution in [0.2, 0.25) is 5.02 Å². The van der Waals surface area contributed by atoms with E-state index in [2.05, 4.69) is 34.7 Å². The lowest BCUT2D eigenvalue weighted by Crippen LogP contribution is -2.17. The number of H-pyrrole nitrogens is 1. The Hall–Kier alpha value is -1.88. The van der Waals surface area contributed by atoms with Crippen molar-refractivity contribution in [2.45, 2.75) is 19.9 Å². The second kappa shape index (κ2) is 9.72. The van der Waals surface area contributed by atoms with Crippen LogP contribution in [0.25, 0.3) is 10.9 Å². The van der Waals surface area contributed by atoms with Crippen LogP contribution in [0.15, 0.2) is 42.6 Å². The molecule has 4 nitrogen and oxygen atoms in total. The van der Waals surface area contributed by atoms with E-state index in [9.17, 15) is 0 Å². The minimum Gasteiger partial charge on any atom is -0.493 e. The number of rotatable bonds is 8. The van der Waals surface area contributed by atoms with Crippen molar-refractivity contribution in [1.29, 1.82) is 0 Å². The van der Waals surface area contributed by atoms with Gasteiger partial charge in [0, 0.05) is 40.3 Å². The van der Waals surface area contributed by atoms with Crippen LogP contribution in [0.5, 0.6) is 11.5 Å². The van der Waals surface area contributed by atoms with E-state index in [1.165, 1.54) is 16.5 Å². The second-order valence-corrected chi connectivity index (χ2v) is 6.25. The Morgan fingerprint density at radius 3 is 2.73 bits per heavy atom. The smallest absolute Gasteiger partial charge is 0.165 e. The number of aromatic nitrogens is 1. The lowest BCUT2D eigenvalue weighted by Gasteiger charge is -2.15. The third-order valence-electron chi connectivity index (χ3n) is 4.17. The fraction of sp³-hybridized carbons (Fsp3) is 0.300. The van der Waals surface area contributed by atoms with E-state index in [-0.39, 0.29) is 12.4 Å². The molecule has 3 aromatic rings. The van der Waals surface area contributed by atoms with Gasteiger partial charge in [0.15, 0.2) is 11.5 Å². The summed E-state index contributed by atoms with van der Waals surface area (Å²) < 4.78 is 11.1. The highest BCUT2D eigenvalue weighted by Gasteiger charge is 2.12. The van der Waals surface area contributed by atoms with Gasteiger partial charge in [-0.3, -0.25) is 0 Å². The summed E-state index contributed by atoms with van der Waals surface area (Å²) in [6.07, 6.45) is 3.03. The molecule has 0 aliphatic rings. The van der Waals surface area contributed by atoms with Gasteiger partial charge in [-0.2, -0.15) is 0 Å². The number of benzene rings is 2. The summed E-state index contributed by atoms with van der Waals surface area (Å²) in [4.78, 5) is 3.31. The molecule has 2 aromatic carbocycles. The number of hydrogen-bond acceptors (Lipinski definition) is 3. The van der Waals surface area contributed by atoms with Gasteiger partial charge < -0.3 is 19.8 Å². The van der Waals surface area contributed by atoms with Gasteiger partial charge in [0.2, 0.25) is 0 Å². The van der Waals surface area contributed by atoms with Gasteiger partial charge in [0.1, 0.15) is 0 Å². The van der Waals surface area contributed by atoms with Gasteiger partial charge in [-0.15, -0.1) is 12.4 Å². The summed E-state index contributed by atoms with van der Waals surface area (Å²) in [5.41, 5.74) is 3.50. The Kier molecular flexibility index (Phi) is 7.64. The minimum atomic E-state index is 0. The first kappa shape index (κ1) is 20.4. The molecule has 6 heteroatoms. The number of para-hydroxylation sites is 1. The number of ether oxygens (including phenoxy) is 2. The van der Waals surface area contributed by atoms with Crippen LogP contribution in [0.4, 0.5) is 0 Å². The molecule has 0 unspecified atom stereocenters. The molecule has 0 aliphatic heterocycles. The Balaban J connectivity index is 0.00000243. The van der Waals surface area contributed by atoms with Crippen molar-refractivity contribution in [3.05, 3.63) is 58.7 Å². The lowest BCUT2D eigenvalue weighted by atomic mass is 10.1. The highest BCUT2D eigenvalue weighted by atomic mass is 35.5. The fourth-order valence-corrected chi connectivity index (χ4v) is 3.23. The summed E-state index contributed by atoms with van der Waals surface area (Å²) in [7, 11) is 1.63. The second-order valence-electron chi connectivity index (χ2n) is 5.82. The normalized spacial score (nSPS) is 10.6. The topological polar surface area (TPSA) is 46.3 Å². The van der Waals surface area contributed by atoms with E-state index in [1.807, 2.05) is 19.1 Å². The van der Waals surface area contributed by atoms with Crippen molar-refractivity contribution in [1.82, 2.24) is 10.3 Å². The molecule has 26 heavy (non-hydrogen) atoms. The van der Waals surface area contributed by atoms with Gasteiger partial charge >= 0.3 is 0 Å². The average Bonchev–Trinajstić information content (AvgIpc) is 3.03. The molecule has 140 valence electrons. The molecular formula is C20H24Cl2N2O2. The highest BCUT2D eigenvalue weighted by molar-refractivity contribution is 6.30. The zero-order valence-electron chi connectivity index (χ0n) is 15.0. The highest BCUT2D eigenvalue weighted by Crippen LogP contribution is 2.34. The first-order valence-electron chi connectivity index (χ1n) is 8.47. The molecule has 0 spiro atoms. The standard InChI is InChI=1S/C20H23ClN2O2.ClH/c1-3-25-20-15(10-16(21)11-19(20)24-2)12-22-9-8-14-13-23-18-7-5-4-6-17(14)18;/h4-7,10-11,13,22-23H,3,8-9,12H2,1-2H3;1H.